The van der Waals surface area contributed by atoms with E-state index in [0.29, 0.717) is 6.04 Å². The van der Waals surface area contributed by atoms with Crippen molar-refractivity contribution in [3.63, 3.8) is 0 Å². The zero-order chi connectivity index (χ0) is 14.6. The average Bonchev–Trinajstić information content (AvgIpc) is 2.84. The molecule has 1 unspecified atom stereocenters. The molecule has 0 radical (unpaired) electrons. The quantitative estimate of drug-likeness (QED) is 0.425. The number of hydrogen-bond acceptors (Lipinski definition) is 3. The van der Waals surface area contributed by atoms with E-state index >= 15 is 0 Å². The number of hydrogen-bond donors (Lipinski definition) is 1. The van der Waals surface area contributed by atoms with E-state index in [1.165, 1.54) is 19.4 Å². The van der Waals surface area contributed by atoms with Gasteiger partial charge in [0.05, 0.1) is 13.2 Å². The van der Waals surface area contributed by atoms with Gasteiger partial charge >= 0.3 is 0 Å². The molecule has 21 heavy (non-hydrogen) atoms. The normalized spacial score (nSPS) is 25.1. The van der Waals surface area contributed by atoms with Gasteiger partial charge in [-0.2, -0.15) is 0 Å². The van der Waals surface area contributed by atoms with Gasteiger partial charge in [-0.05, 0) is 25.9 Å². The Balaban J connectivity index is 0.00000220. The minimum absolute atomic E-state index is 0. The Morgan fingerprint density at radius 3 is 2.71 bits per heavy atom. The van der Waals surface area contributed by atoms with Crippen molar-refractivity contribution in [3.8, 4) is 0 Å². The summed E-state index contributed by atoms with van der Waals surface area (Å²) in [5.41, 5.74) is 0.277. The highest BCUT2D eigenvalue weighted by atomic mass is 127. The molecule has 0 aromatic carbocycles. The fraction of sp³-hybridized carbons (Fsp3) is 0.933. The molecule has 0 aromatic rings. The van der Waals surface area contributed by atoms with E-state index < -0.39 is 0 Å². The van der Waals surface area contributed by atoms with Crippen LogP contribution in [0.3, 0.4) is 0 Å². The second-order valence-corrected chi connectivity index (χ2v) is 6.51. The van der Waals surface area contributed by atoms with Crippen LogP contribution in [0.5, 0.6) is 0 Å². The average molecular weight is 410 g/mol. The summed E-state index contributed by atoms with van der Waals surface area (Å²) in [6.45, 7) is 10.6. The Bertz CT molecular complexity index is 347. The summed E-state index contributed by atoms with van der Waals surface area (Å²) in [5.74, 6) is 1.00. The molecule has 2 heterocycles. The number of ether oxygens (including phenoxy) is 1. The molecule has 0 bridgehead atoms. The first kappa shape index (κ1) is 19.0. The summed E-state index contributed by atoms with van der Waals surface area (Å²) in [6, 6.07) is 0.672. The second-order valence-electron chi connectivity index (χ2n) is 6.51. The molecule has 6 heteroatoms. The zero-order valence-corrected chi connectivity index (χ0v) is 16.2. The van der Waals surface area contributed by atoms with Gasteiger partial charge in [-0.3, -0.25) is 9.89 Å². The third-order valence-corrected chi connectivity index (χ3v) is 4.54. The Kier molecular flexibility index (Phi) is 7.70. The van der Waals surface area contributed by atoms with Crippen LogP contribution in [0.1, 0.15) is 26.7 Å². The number of likely N-dealkylation sites (N-methyl/N-ethyl adjacent to an activating group) is 2. The standard InChI is InChI=1S/C15H30N4O.HI/c1-5-19-8-6-7-13(19)9-18(4)14(16-3)17-10-15(2)11-20-12-15;/h13H,5-12H2,1-4H3,(H,16,17);1H. The van der Waals surface area contributed by atoms with Crippen LogP contribution >= 0.6 is 24.0 Å². The van der Waals surface area contributed by atoms with Crippen molar-refractivity contribution in [1.82, 2.24) is 15.1 Å². The molecular formula is C15H31IN4O. The number of halogens is 1. The van der Waals surface area contributed by atoms with Crippen molar-refractivity contribution in [3.05, 3.63) is 0 Å². The molecule has 0 aliphatic carbocycles. The van der Waals surface area contributed by atoms with E-state index in [0.717, 1.165) is 38.8 Å². The second kappa shape index (κ2) is 8.53. The molecule has 2 rings (SSSR count). The molecule has 1 N–H and O–H groups in total. The first-order valence-electron chi connectivity index (χ1n) is 7.81. The zero-order valence-electron chi connectivity index (χ0n) is 13.9. The van der Waals surface area contributed by atoms with Crippen LogP contribution in [-0.4, -0.2) is 75.3 Å². The third-order valence-electron chi connectivity index (χ3n) is 4.54. The van der Waals surface area contributed by atoms with Gasteiger partial charge in [0.2, 0.25) is 0 Å². The largest absolute Gasteiger partial charge is 0.380 e. The topological polar surface area (TPSA) is 40.1 Å². The van der Waals surface area contributed by atoms with Crippen LogP contribution in [0.25, 0.3) is 0 Å². The summed E-state index contributed by atoms with van der Waals surface area (Å²) in [6.07, 6.45) is 2.63. The number of guanidine groups is 1. The minimum Gasteiger partial charge on any atom is -0.380 e. The van der Waals surface area contributed by atoms with Crippen LogP contribution < -0.4 is 5.32 Å². The van der Waals surface area contributed by atoms with Gasteiger partial charge in [-0.1, -0.05) is 13.8 Å². The van der Waals surface area contributed by atoms with Gasteiger partial charge in [0.1, 0.15) is 0 Å². The van der Waals surface area contributed by atoms with Crippen LogP contribution in [0.15, 0.2) is 4.99 Å². The summed E-state index contributed by atoms with van der Waals surface area (Å²) in [4.78, 5) is 9.25. The Morgan fingerprint density at radius 2 is 2.19 bits per heavy atom. The summed E-state index contributed by atoms with van der Waals surface area (Å²) >= 11 is 0. The van der Waals surface area contributed by atoms with Crippen molar-refractivity contribution >= 4 is 29.9 Å². The summed E-state index contributed by atoms with van der Waals surface area (Å²) < 4.78 is 5.30. The number of nitrogens with zero attached hydrogens (tertiary/aromatic N) is 3. The van der Waals surface area contributed by atoms with Crippen molar-refractivity contribution in [2.24, 2.45) is 10.4 Å². The molecule has 0 spiro atoms. The molecule has 124 valence electrons. The SMILES string of the molecule is CCN1CCCC1CN(C)C(=NC)NCC1(C)COC1.I. The van der Waals surface area contributed by atoms with Crippen LogP contribution in [-0.2, 0) is 4.74 Å². The predicted molar refractivity (Wildman–Crippen MR) is 98.6 cm³/mol. The lowest BCUT2D eigenvalue weighted by atomic mass is 9.89. The first-order chi connectivity index (χ1) is 9.58. The van der Waals surface area contributed by atoms with Gasteiger partial charge in [-0.15, -0.1) is 24.0 Å². The lowest BCUT2D eigenvalue weighted by Gasteiger charge is -2.39. The fourth-order valence-electron chi connectivity index (χ4n) is 3.15. The first-order valence-corrected chi connectivity index (χ1v) is 7.81. The third kappa shape index (κ3) is 4.96. The maximum Gasteiger partial charge on any atom is 0.193 e. The molecule has 5 nitrogen and oxygen atoms in total. The van der Waals surface area contributed by atoms with Gasteiger partial charge in [0.15, 0.2) is 5.96 Å². The Hall–Kier alpha value is -0.0800. The van der Waals surface area contributed by atoms with Crippen molar-refractivity contribution < 1.29 is 4.74 Å². The molecule has 0 amide bonds. The molecule has 2 saturated heterocycles. The molecule has 2 fully saturated rings. The molecule has 1 atom stereocenters. The summed E-state index contributed by atoms with van der Waals surface area (Å²) in [5, 5.41) is 3.50. The van der Waals surface area contributed by atoms with Crippen LogP contribution in [0.4, 0.5) is 0 Å². The van der Waals surface area contributed by atoms with Gasteiger partial charge in [0.25, 0.3) is 0 Å². The van der Waals surface area contributed by atoms with Crippen molar-refractivity contribution in [1.29, 1.82) is 0 Å². The number of nitrogens with one attached hydrogen (secondary N) is 1. The predicted octanol–water partition coefficient (Wildman–Crippen LogP) is 1.63. The Labute approximate surface area is 146 Å². The minimum atomic E-state index is 0. The van der Waals surface area contributed by atoms with Gasteiger partial charge < -0.3 is 15.0 Å². The van der Waals surface area contributed by atoms with E-state index in [1.54, 1.807) is 0 Å². The number of likely N-dealkylation sites (tertiary alicyclic amines) is 1. The highest BCUT2D eigenvalue weighted by Crippen LogP contribution is 2.25. The number of rotatable bonds is 5. The lowest BCUT2D eigenvalue weighted by Crippen LogP contribution is -2.52. The molecule has 2 aliphatic heterocycles. The molecule has 2 aliphatic rings. The molecular weight excluding hydrogens is 379 g/mol. The van der Waals surface area contributed by atoms with Gasteiger partial charge in [0, 0.05) is 38.6 Å². The van der Waals surface area contributed by atoms with E-state index in [1.807, 2.05) is 7.05 Å². The molecule has 0 saturated carbocycles. The highest BCUT2D eigenvalue weighted by molar-refractivity contribution is 14.0. The monoisotopic (exact) mass is 410 g/mol. The maximum atomic E-state index is 5.30. The number of aliphatic imine (C=N–C) groups is 1. The van der Waals surface area contributed by atoms with Crippen molar-refractivity contribution in [2.75, 3.05) is 53.5 Å². The molecule has 0 aromatic heterocycles. The van der Waals surface area contributed by atoms with E-state index in [4.69, 9.17) is 4.74 Å². The smallest absolute Gasteiger partial charge is 0.193 e. The van der Waals surface area contributed by atoms with Crippen LogP contribution in [0, 0.1) is 5.41 Å². The van der Waals surface area contributed by atoms with E-state index in [9.17, 15) is 0 Å². The highest BCUT2D eigenvalue weighted by Gasteiger charge is 2.33. The van der Waals surface area contributed by atoms with Crippen molar-refractivity contribution in [2.45, 2.75) is 32.7 Å². The van der Waals surface area contributed by atoms with E-state index in [2.05, 4.69) is 41.0 Å². The summed E-state index contributed by atoms with van der Waals surface area (Å²) in [7, 11) is 4.01. The lowest BCUT2D eigenvalue weighted by molar-refractivity contribution is -0.0972. The fourth-order valence-corrected chi connectivity index (χ4v) is 3.15. The maximum absolute atomic E-state index is 5.30. The van der Waals surface area contributed by atoms with E-state index in [-0.39, 0.29) is 29.4 Å². The van der Waals surface area contributed by atoms with Gasteiger partial charge in [-0.25, -0.2) is 0 Å². The Morgan fingerprint density at radius 1 is 1.48 bits per heavy atom. The van der Waals surface area contributed by atoms with Crippen LogP contribution in [0.2, 0.25) is 0 Å².